The second-order valence-corrected chi connectivity index (χ2v) is 11.6. The van der Waals surface area contributed by atoms with Gasteiger partial charge >= 0.3 is 0 Å². The molecule has 2 rings (SSSR count). The number of rotatable bonds is 11. The number of hydrogen-bond acceptors (Lipinski definition) is 10. The summed E-state index contributed by atoms with van der Waals surface area (Å²) in [6, 6.07) is -1.07. The van der Waals surface area contributed by atoms with Crippen molar-refractivity contribution in [1.82, 2.24) is 10.6 Å². The Morgan fingerprint density at radius 1 is 0.732 bits per heavy atom. The molecule has 13 heteroatoms. The number of nitrogens with one attached hydrogen (secondary N) is 2. The molecule has 0 aromatic carbocycles. The predicted octanol–water partition coefficient (Wildman–Crippen LogP) is 3.39. The summed E-state index contributed by atoms with van der Waals surface area (Å²) in [5.74, 6) is -0.682. The van der Waals surface area contributed by atoms with Gasteiger partial charge in [-0.25, -0.2) is 0 Å². The van der Waals surface area contributed by atoms with E-state index in [1.54, 1.807) is 41.5 Å². The van der Waals surface area contributed by atoms with Crippen LogP contribution in [0.15, 0.2) is 70.4 Å². The molecule has 0 amide bonds. The zero-order chi connectivity index (χ0) is 30.4. The third kappa shape index (κ3) is 9.31. The number of ketones is 2. The Labute approximate surface area is 249 Å². The fourth-order valence-corrected chi connectivity index (χ4v) is 4.12. The number of Topliss-reactive ketones (excluding diaryl/α,β-unsaturated/α-hetero) is 2. The van der Waals surface area contributed by atoms with Gasteiger partial charge in [0.25, 0.3) is 11.4 Å². The molecule has 0 fully saturated rings. The quantitative estimate of drug-likeness (QED) is 0.152. The van der Waals surface area contributed by atoms with Gasteiger partial charge in [-0.2, -0.15) is 0 Å². The maximum atomic E-state index is 13.1. The van der Waals surface area contributed by atoms with Crippen molar-refractivity contribution < 1.29 is 45.4 Å². The SMILES string of the molecule is COC[C@@H](N/C=C1/C=C([N+](=O)[O-])C=C(C(C)(C)C)C1=O)[C@@H](COC)N/C=C1/C=C([N+](=O)[O-])C=C(C(C)(C)C)C1=O.[Ni]. The molecule has 0 aliphatic heterocycles. The van der Waals surface area contributed by atoms with Crippen molar-refractivity contribution in [3.63, 3.8) is 0 Å². The maximum Gasteiger partial charge on any atom is 0.270 e. The van der Waals surface area contributed by atoms with E-state index in [-0.39, 0.29) is 63.8 Å². The van der Waals surface area contributed by atoms with Crippen LogP contribution in [0.25, 0.3) is 0 Å². The van der Waals surface area contributed by atoms with E-state index in [1.165, 1.54) is 50.9 Å². The van der Waals surface area contributed by atoms with E-state index in [2.05, 4.69) is 10.6 Å². The van der Waals surface area contributed by atoms with E-state index < -0.39 is 32.8 Å². The molecule has 2 aliphatic rings. The van der Waals surface area contributed by atoms with Crippen LogP contribution in [-0.4, -0.2) is 60.9 Å². The van der Waals surface area contributed by atoms with Gasteiger partial charge in [0.15, 0.2) is 11.6 Å². The Bertz CT molecular complexity index is 1150. The van der Waals surface area contributed by atoms with Gasteiger partial charge in [0.05, 0.1) is 35.1 Å². The van der Waals surface area contributed by atoms with Crippen molar-refractivity contribution in [2.24, 2.45) is 10.8 Å². The monoisotopic (exact) mass is 616 g/mol. The van der Waals surface area contributed by atoms with E-state index in [0.717, 1.165) is 0 Å². The molecule has 0 radical (unpaired) electrons. The van der Waals surface area contributed by atoms with Crippen molar-refractivity contribution in [3.8, 4) is 0 Å². The van der Waals surface area contributed by atoms with Crippen LogP contribution in [0.5, 0.6) is 0 Å². The summed E-state index contributed by atoms with van der Waals surface area (Å²) >= 11 is 0. The predicted molar refractivity (Wildman–Crippen MR) is 149 cm³/mol. The molecule has 12 nitrogen and oxygen atoms in total. The largest absolute Gasteiger partial charge is 0.383 e. The number of hydrogen-bond donors (Lipinski definition) is 2. The number of carbonyl (C=O) groups excluding carboxylic acids is 2. The van der Waals surface area contributed by atoms with Gasteiger partial charge in [-0.3, -0.25) is 29.8 Å². The standard InChI is InChI=1S/C28H38N4O8.Ni/c1-27(2,3)21-11-19(31(35)36)9-17(25(21)33)13-29-23(15-39-7)24(16-40-8)30-14-18-10-20(32(37)38)12-22(26(18)34)28(4,5)6;/h9-14,23-24,29-30H,15-16H2,1-8H3;/b17-13-,18-14-;/t23-,24-;/m1./s1. The molecule has 228 valence electrons. The molecule has 0 unspecified atom stereocenters. The van der Waals surface area contributed by atoms with Gasteiger partial charge in [0.2, 0.25) is 0 Å². The fourth-order valence-electron chi connectivity index (χ4n) is 4.12. The molecule has 2 N–H and O–H groups in total. The molecule has 0 aromatic heterocycles. The zero-order valence-corrected chi connectivity index (χ0v) is 25.5. The Hall–Kier alpha value is -3.41. The molecule has 41 heavy (non-hydrogen) atoms. The van der Waals surface area contributed by atoms with Crippen LogP contribution in [0.4, 0.5) is 0 Å². The minimum Gasteiger partial charge on any atom is -0.383 e. The third-order valence-corrected chi connectivity index (χ3v) is 6.33. The Morgan fingerprint density at radius 3 is 1.29 bits per heavy atom. The van der Waals surface area contributed by atoms with E-state index in [4.69, 9.17) is 9.47 Å². The van der Waals surface area contributed by atoms with Crippen molar-refractivity contribution in [1.29, 1.82) is 0 Å². The topological polar surface area (TPSA) is 163 Å². The van der Waals surface area contributed by atoms with Crippen LogP contribution in [0.3, 0.4) is 0 Å². The molecule has 0 bridgehead atoms. The van der Waals surface area contributed by atoms with Gasteiger partial charge in [0, 0.05) is 89.7 Å². The van der Waals surface area contributed by atoms with Crippen LogP contribution in [-0.2, 0) is 35.6 Å². The minimum atomic E-state index is -0.618. The van der Waals surface area contributed by atoms with Crippen LogP contribution < -0.4 is 10.6 Å². The van der Waals surface area contributed by atoms with Crippen LogP contribution in [0.1, 0.15) is 41.5 Å². The third-order valence-electron chi connectivity index (χ3n) is 6.33. The molecule has 0 spiro atoms. The molecule has 2 atom stereocenters. The van der Waals surface area contributed by atoms with E-state index in [9.17, 15) is 29.8 Å². The van der Waals surface area contributed by atoms with Crippen molar-refractivity contribution >= 4 is 11.6 Å². The van der Waals surface area contributed by atoms with Crippen LogP contribution in [0.2, 0.25) is 0 Å². The number of allylic oxidation sites excluding steroid dienone is 8. The average molecular weight is 617 g/mol. The molecular formula is C28H38N4NiO8. The molecule has 2 aliphatic carbocycles. The Kier molecular flexibility index (Phi) is 12.6. The second kappa shape index (κ2) is 14.5. The number of carbonyl (C=O) groups is 2. The van der Waals surface area contributed by atoms with Crippen molar-refractivity contribution in [3.05, 3.63) is 90.6 Å². The summed E-state index contributed by atoms with van der Waals surface area (Å²) in [4.78, 5) is 48.2. The van der Waals surface area contributed by atoms with Crippen molar-refractivity contribution in [2.45, 2.75) is 53.6 Å². The van der Waals surface area contributed by atoms with Gasteiger partial charge < -0.3 is 20.1 Å². The minimum absolute atomic E-state index is 0. The number of ether oxygens (including phenoxy) is 2. The smallest absolute Gasteiger partial charge is 0.270 e. The summed E-state index contributed by atoms with van der Waals surface area (Å²) in [5.41, 5.74) is -0.818. The maximum absolute atomic E-state index is 13.1. The van der Waals surface area contributed by atoms with E-state index in [0.29, 0.717) is 11.1 Å². The average Bonchev–Trinajstić information content (AvgIpc) is 2.84. The summed E-state index contributed by atoms with van der Waals surface area (Å²) in [7, 11) is 2.97. The first-order valence-corrected chi connectivity index (χ1v) is 12.7. The summed E-state index contributed by atoms with van der Waals surface area (Å²) in [5, 5.41) is 29.3. The first kappa shape index (κ1) is 35.6. The number of nitrogens with zero attached hydrogens (tertiary/aromatic N) is 2. The van der Waals surface area contributed by atoms with E-state index >= 15 is 0 Å². The molecule has 0 saturated carbocycles. The fraction of sp³-hybridized carbons (Fsp3) is 0.500. The van der Waals surface area contributed by atoms with Gasteiger partial charge in [-0.05, 0) is 10.8 Å². The number of nitro groups is 2. The Balaban J connectivity index is 0.00000840. The molecule has 0 saturated heterocycles. The Morgan fingerprint density at radius 2 is 1.05 bits per heavy atom. The van der Waals surface area contributed by atoms with Gasteiger partial charge in [0.1, 0.15) is 0 Å². The van der Waals surface area contributed by atoms with Crippen molar-refractivity contribution in [2.75, 3.05) is 27.4 Å². The summed E-state index contributed by atoms with van der Waals surface area (Å²) < 4.78 is 10.7. The summed E-state index contributed by atoms with van der Waals surface area (Å²) in [6.45, 7) is 11.1. The number of methoxy groups -OCH3 is 2. The molecular weight excluding hydrogens is 579 g/mol. The second-order valence-electron chi connectivity index (χ2n) is 11.6. The normalized spacial score (nSPS) is 19.4. The van der Waals surface area contributed by atoms with Crippen LogP contribution >= 0.6 is 0 Å². The molecule has 0 heterocycles. The van der Waals surface area contributed by atoms with Gasteiger partial charge in [-0.15, -0.1) is 0 Å². The summed E-state index contributed by atoms with van der Waals surface area (Å²) in [6.07, 6.45) is 7.82. The first-order valence-electron chi connectivity index (χ1n) is 12.7. The zero-order valence-electron chi connectivity index (χ0n) is 24.5. The van der Waals surface area contributed by atoms with E-state index in [1.807, 2.05) is 0 Å². The van der Waals surface area contributed by atoms with Crippen LogP contribution in [0, 0.1) is 31.1 Å². The van der Waals surface area contributed by atoms with Gasteiger partial charge in [-0.1, -0.05) is 41.5 Å². The molecule has 0 aromatic rings. The first-order chi connectivity index (χ1) is 18.5.